The van der Waals surface area contributed by atoms with Gasteiger partial charge in [0.1, 0.15) is 17.1 Å². The standard InChI is InChI=1S/C21H15ClF4N4O3/c1-28-19(31)13-10-29-7-6-18(13)33-12-3-5-17(16(23)9-12)30(20(27)32)11-2-4-15(22)14(8-11)21(24,25)26/h2-10H,1H3,(H2,27,32)(H,28,31). The summed E-state index contributed by atoms with van der Waals surface area (Å²) in [4.78, 5) is 28.3. The molecule has 0 bridgehead atoms. The molecule has 0 radical (unpaired) electrons. The number of ether oxygens (including phenoxy) is 1. The Morgan fingerprint density at radius 2 is 1.88 bits per heavy atom. The minimum absolute atomic E-state index is 0.0517. The quantitative estimate of drug-likeness (QED) is 0.485. The Bertz CT molecular complexity index is 1220. The molecule has 3 rings (SSSR count). The van der Waals surface area contributed by atoms with Crippen LogP contribution in [0.1, 0.15) is 15.9 Å². The fraction of sp³-hybridized carbons (Fsp3) is 0.0952. The number of hydrogen-bond donors (Lipinski definition) is 2. The Morgan fingerprint density at radius 1 is 1.15 bits per heavy atom. The zero-order valence-corrected chi connectivity index (χ0v) is 17.5. The molecule has 3 aromatic rings. The van der Waals surface area contributed by atoms with Crippen LogP contribution in [0.15, 0.2) is 54.9 Å². The number of primary amides is 1. The number of anilines is 2. The Hall–Kier alpha value is -3.86. The number of urea groups is 1. The van der Waals surface area contributed by atoms with Crippen LogP contribution in [0.5, 0.6) is 11.5 Å². The number of aromatic nitrogens is 1. The van der Waals surface area contributed by atoms with Crippen molar-refractivity contribution in [2.75, 3.05) is 11.9 Å². The molecule has 12 heteroatoms. The third-order valence-electron chi connectivity index (χ3n) is 4.37. The van der Waals surface area contributed by atoms with Gasteiger partial charge in [0.05, 0.1) is 22.0 Å². The minimum Gasteiger partial charge on any atom is -0.456 e. The molecule has 7 nitrogen and oxygen atoms in total. The number of nitrogens with zero attached hydrogens (tertiary/aromatic N) is 2. The zero-order valence-electron chi connectivity index (χ0n) is 16.8. The van der Waals surface area contributed by atoms with Crippen LogP contribution in [0.4, 0.5) is 33.7 Å². The summed E-state index contributed by atoms with van der Waals surface area (Å²) in [5.41, 5.74) is 3.42. The average molecular weight is 483 g/mol. The van der Waals surface area contributed by atoms with Crippen LogP contribution < -0.4 is 20.7 Å². The maximum atomic E-state index is 14.9. The highest BCUT2D eigenvalue weighted by molar-refractivity contribution is 6.31. The van der Waals surface area contributed by atoms with Gasteiger partial charge in [-0.05, 0) is 36.4 Å². The van der Waals surface area contributed by atoms with Crippen LogP contribution in [-0.2, 0) is 6.18 Å². The predicted molar refractivity (Wildman–Crippen MR) is 112 cm³/mol. The van der Waals surface area contributed by atoms with Gasteiger partial charge in [0, 0.05) is 25.5 Å². The highest BCUT2D eigenvalue weighted by atomic mass is 35.5. The van der Waals surface area contributed by atoms with E-state index in [0.29, 0.717) is 11.0 Å². The molecule has 33 heavy (non-hydrogen) atoms. The highest BCUT2D eigenvalue weighted by Crippen LogP contribution is 2.39. The van der Waals surface area contributed by atoms with Gasteiger partial charge in [-0.25, -0.2) is 9.18 Å². The molecule has 1 aromatic heterocycles. The lowest BCUT2D eigenvalue weighted by atomic mass is 10.1. The number of hydrogen-bond acceptors (Lipinski definition) is 4. The molecule has 0 saturated carbocycles. The summed E-state index contributed by atoms with van der Waals surface area (Å²) in [7, 11) is 1.41. The number of nitrogens with one attached hydrogen (secondary N) is 1. The summed E-state index contributed by atoms with van der Waals surface area (Å²) in [6.07, 6.45) is -2.19. The first-order chi connectivity index (χ1) is 15.5. The fourth-order valence-corrected chi connectivity index (χ4v) is 3.11. The third kappa shape index (κ3) is 5.14. The molecule has 0 unspecified atom stereocenters. The van der Waals surface area contributed by atoms with Crippen molar-refractivity contribution >= 4 is 34.9 Å². The van der Waals surface area contributed by atoms with E-state index in [1.807, 2.05) is 0 Å². The van der Waals surface area contributed by atoms with Gasteiger partial charge in [-0.15, -0.1) is 0 Å². The van der Waals surface area contributed by atoms with Crippen LogP contribution in [0.2, 0.25) is 5.02 Å². The molecule has 0 aliphatic carbocycles. The van der Waals surface area contributed by atoms with Crippen molar-refractivity contribution < 1.29 is 31.9 Å². The molecule has 3 amide bonds. The summed E-state index contributed by atoms with van der Waals surface area (Å²) < 4.78 is 60.1. The van der Waals surface area contributed by atoms with E-state index in [2.05, 4.69) is 10.3 Å². The molecule has 2 aromatic carbocycles. The Kier molecular flexibility index (Phi) is 6.73. The summed E-state index contributed by atoms with van der Waals surface area (Å²) in [5, 5.41) is 1.82. The molecule has 0 atom stereocenters. The summed E-state index contributed by atoms with van der Waals surface area (Å²) in [6, 6.07) is 6.00. The SMILES string of the molecule is CNC(=O)c1cnccc1Oc1ccc(N(C(N)=O)c2ccc(Cl)c(C(F)(F)F)c2)c(F)c1. The number of pyridine rings is 1. The molecule has 0 spiro atoms. The normalized spacial score (nSPS) is 11.1. The van der Waals surface area contributed by atoms with Gasteiger partial charge >= 0.3 is 12.2 Å². The lowest BCUT2D eigenvalue weighted by Crippen LogP contribution is -2.32. The maximum absolute atomic E-state index is 14.9. The van der Waals surface area contributed by atoms with Crippen molar-refractivity contribution in [1.82, 2.24) is 10.3 Å². The van der Waals surface area contributed by atoms with Crippen LogP contribution in [0, 0.1) is 5.82 Å². The zero-order chi connectivity index (χ0) is 24.3. The van der Waals surface area contributed by atoms with Crippen LogP contribution in [0.3, 0.4) is 0 Å². The van der Waals surface area contributed by atoms with E-state index in [1.54, 1.807) is 0 Å². The van der Waals surface area contributed by atoms with E-state index < -0.39 is 40.2 Å². The average Bonchev–Trinajstić information content (AvgIpc) is 2.75. The van der Waals surface area contributed by atoms with Crippen LogP contribution in [-0.4, -0.2) is 24.0 Å². The van der Waals surface area contributed by atoms with Gasteiger partial charge in [-0.2, -0.15) is 13.2 Å². The molecular formula is C21H15ClF4N4O3. The summed E-state index contributed by atoms with van der Waals surface area (Å²) in [5.74, 6) is -1.48. The van der Waals surface area contributed by atoms with Crippen molar-refractivity contribution in [1.29, 1.82) is 0 Å². The van der Waals surface area contributed by atoms with Gasteiger partial charge in [0.25, 0.3) is 5.91 Å². The van der Waals surface area contributed by atoms with E-state index in [-0.39, 0.29) is 22.7 Å². The van der Waals surface area contributed by atoms with Crippen molar-refractivity contribution in [2.45, 2.75) is 6.18 Å². The topological polar surface area (TPSA) is 97.6 Å². The largest absolute Gasteiger partial charge is 0.456 e. The molecule has 0 aliphatic rings. The van der Waals surface area contributed by atoms with Crippen LogP contribution in [0.25, 0.3) is 0 Å². The molecular weight excluding hydrogens is 468 g/mol. The Morgan fingerprint density at radius 3 is 2.48 bits per heavy atom. The van der Waals surface area contributed by atoms with Crippen molar-refractivity contribution in [2.24, 2.45) is 5.73 Å². The first kappa shape index (κ1) is 23.8. The van der Waals surface area contributed by atoms with E-state index in [0.717, 1.165) is 24.3 Å². The van der Waals surface area contributed by atoms with Gasteiger partial charge < -0.3 is 15.8 Å². The predicted octanol–water partition coefficient (Wildman–Crippen LogP) is 5.26. The second kappa shape index (κ2) is 9.33. The molecule has 0 fully saturated rings. The second-order valence-corrected chi connectivity index (χ2v) is 6.91. The number of carbonyl (C=O) groups is 2. The molecule has 0 saturated heterocycles. The van der Waals surface area contributed by atoms with Gasteiger partial charge in [0.15, 0.2) is 5.82 Å². The monoisotopic (exact) mass is 482 g/mol. The number of halogens is 5. The number of rotatable bonds is 5. The lowest BCUT2D eigenvalue weighted by Gasteiger charge is -2.23. The summed E-state index contributed by atoms with van der Waals surface area (Å²) >= 11 is 5.61. The van der Waals surface area contributed by atoms with E-state index in [1.165, 1.54) is 31.6 Å². The number of benzene rings is 2. The third-order valence-corrected chi connectivity index (χ3v) is 4.70. The highest BCUT2D eigenvalue weighted by Gasteiger charge is 2.34. The first-order valence-corrected chi connectivity index (χ1v) is 9.50. The number of alkyl halides is 3. The minimum atomic E-state index is -4.81. The second-order valence-electron chi connectivity index (χ2n) is 6.50. The molecule has 172 valence electrons. The number of amides is 3. The Balaban J connectivity index is 1.99. The lowest BCUT2D eigenvalue weighted by molar-refractivity contribution is -0.137. The van der Waals surface area contributed by atoms with Crippen molar-refractivity contribution in [3.05, 3.63) is 76.8 Å². The van der Waals surface area contributed by atoms with Gasteiger partial charge in [0.2, 0.25) is 0 Å². The fourth-order valence-electron chi connectivity index (χ4n) is 2.89. The van der Waals surface area contributed by atoms with Gasteiger partial charge in [-0.1, -0.05) is 11.6 Å². The maximum Gasteiger partial charge on any atom is 0.417 e. The van der Waals surface area contributed by atoms with E-state index in [9.17, 15) is 27.2 Å². The molecule has 0 aliphatic heterocycles. The Labute approximate surface area is 189 Å². The smallest absolute Gasteiger partial charge is 0.417 e. The van der Waals surface area contributed by atoms with Crippen molar-refractivity contribution in [3.63, 3.8) is 0 Å². The summed E-state index contributed by atoms with van der Waals surface area (Å²) in [6.45, 7) is 0. The molecule has 1 heterocycles. The van der Waals surface area contributed by atoms with E-state index >= 15 is 0 Å². The molecule has 3 N–H and O–H groups in total. The number of carbonyl (C=O) groups excluding carboxylic acids is 2. The number of nitrogens with two attached hydrogens (primary N) is 1. The van der Waals surface area contributed by atoms with E-state index in [4.69, 9.17) is 22.1 Å². The first-order valence-electron chi connectivity index (χ1n) is 9.12. The van der Waals surface area contributed by atoms with Gasteiger partial charge in [-0.3, -0.25) is 14.7 Å². The van der Waals surface area contributed by atoms with Crippen molar-refractivity contribution in [3.8, 4) is 11.5 Å². The van der Waals surface area contributed by atoms with Crippen LogP contribution >= 0.6 is 11.6 Å².